The number of rotatable bonds is 4. The van der Waals surface area contributed by atoms with E-state index in [0.717, 1.165) is 11.3 Å². The second-order valence-electron chi connectivity index (χ2n) is 5.25. The molecule has 24 heavy (non-hydrogen) atoms. The molecule has 0 unspecified atom stereocenters. The molecule has 0 aliphatic rings. The average Bonchev–Trinajstić information content (AvgIpc) is 3.06. The van der Waals surface area contributed by atoms with Gasteiger partial charge in [-0.2, -0.15) is 0 Å². The molecule has 0 spiro atoms. The van der Waals surface area contributed by atoms with Crippen LogP contribution in [0.25, 0.3) is 11.3 Å². The van der Waals surface area contributed by atoms with Gasteiger partial charge in [-0.25, -0.2) is 4.98 Å². The van der Waals surface area contributed by atoms with Gasteiger partial charge in [0.25, 0.3) is 5.91 Å². The van der Waals surface area contributed by atoms with E-state index in [0.29, 0.717) is 21.9 Å². The molecular weight excluding hydrogens is 322 g/mol. The summed E-state index contributed by atoms with van der Waals surface area (Å²) in [6.07, 6.45) is 0. The number of amides is 1. The van der Waals surface area contributed by atoms with Crippen LogP contribution in [0.5, 0.6) is 0 Å². The van der Waals surface area contributed by atoms with Crippen molar-refractivity contribution in [2.24, 2.45) is 0 Å². The van der Waals surface area contributed by atoms with Crippen molar-refractivity contribution in [2.75, 3.05) is 11.1 Å². The minimum absolute atomic E-state index is 0.0429. The van der Waals surface area contributed by atoms with Gasteiger partial charge in [-0.15, -0.1) is 11.3 Å². The van der Waals surface area contributed by atoms with Gasteiger partial charge < -0.3 is 11.1 Å². The molecule has 0 aliphatic heterocycles. The maximum Gasteiger partial charge on any atom is 0.255 e. The van der Waals surface area contributed by atoms with Crippen molar-refractivity contribution in [2.45, 2.75) is 6.92 Å². The summed E-state index contributed by atoms with van der Waals surface area (Å²) < 4.78 is 0. The minimum Gasteiger partial charge on any atom is -0.399 e. The molecule has 1 amide bonds. The number of nitrogen functional groups attached to an aromatic ring is 1. The van der Waals surface area contributed by atoms with E-state index in [1.807, 2.05) is 17.5 Å². The van der Waals surface area contributed by atoms with Gasteiger partial charge in [-0.05, 0) is 36.4 Å². The summed E-state index contributed by atoms with van der Waals surface area (Å²) in [6.45, 7) is 1.50. The Morgan fingerprint density at radius 3 is 2.29 bits per heavy atom. The van der Waals surface area contributed by atoms with Gasteiger partial charge in [0.05, 0.1) is 5.69 Å². The zero-order valence-corrected chi connectivity index (χ0v) is 13.8. The molecule has 0 aliphatic carbocycles. The normalized spacial score (nSPS) is 10.4. The molecule has 0 saturated carbocycles. The highest BCUT2D eigenvalue weighted by molar-refractivity contribution is 7.12. The molecule has 0 atom stereocenters. The Kier molecular flexibility index (Phi) is 4.39. The first-order valence-corrected chi connectivity index (χ1v) is 8.15. The van der Waals surface area contributed by atoms with Crippen LogP contribution in [0.1, 0.15) is 27.1 Å². The SMILES string of the molecule is CC(=O)c1nc(-c2ccc(NC(=O)c3ccc(N)cc3)cc2)cs1. The Morgan fingerprint density at radius 1 is 1.04 bits per heavy atom. The fraction of sp³-hybridized carbons (Fsp3) is 0.0556. The van der Waals surface area contributed by atoms with Crippen molar-refractivity contribution in [1.82, 2.24) is 4.98 Å². The fourth-order valence-electron chi connectivity index (χ4n) is 2.13. The lowest BCUT2D eigenvalue weighted by Gasteiger charge is -2.06. The number of hydrogen-bond acceptors (Lipinski definition) is 5. The highest BCUT2D eigenvalue weighted by Crippen LogP contribution is 2.24. The Morgan fingerprint density at radius 2 is 1.71 bits per heavy atom. The van der Waals surface area contributed by atoms with Crippen LogP contribution in [-0.2, 0) is 0 Å². The number of nitrogens with one attached hydrogen (secondary N) is 1. The second-order valence-corrected chi connectivity index (χ2v) is 6.11. The minimum atomic E-state index is -0.199. The van der Waals surface area contributed by atoms with Gasteiger partial charge in [0.1, 0.15) is 0 Å². The maximum absolute atomic E-state index is 12.2. The summed E-state index contributed by atoms with van der Waals surface area (Å²) in [4.78, 5) is 27.8. The van der Waals surface area contributed by atoms with E-state index < -0.39 is 0 Å². The monoisotopic (exact) mass is 337 g/mol. The van der Waals surface area contributed by atoms with E-state index in [-0.39, 0.29) is 11.7 Å². The lowest BCUT2D eigenvalue weighted by atomic mass is 10.1. The number of Topliss-reactive ketones (excluding diaryl/α,β-unsaturated/α-hetero) is 1. The van der Waals surface area contributed by atoms with Gasteiger partial charge in [0.2, 0.25) is 0 Å². The zero-order valence-electron chi connectivity index (χ0n) is 12.9. The third-order valence-corrected chi connectivity index (χ3v) is 4.36. The van der Waals surface area contributed by atoms with Crippen molar-refractivity contribution in [3.05, 3.63) is 64.5 Å². The highest BCUT2D eigenvalue weighted by atomic mass is 32.1. The summed E-state index contributed by atoms with van der Waals surface area (Å²) >= 11 is 1.33. The van der Waals surface area contributed by atoms with Gasteiger partial charge in [-0.1, -0.05) is 12.1 Å². The summed E-state index contributed by atoms with van der Waals surface area (Å²) in [7, 11) is 0. The molecule has 3 rings (SSSR count). The molecule has 2 aromatic carbocycles. The molecule has 6 heteroatoms. The predicted octanol–water partition coefficient (Wildman–Crippen LogP) is 3.85. The molecule has 1 heterocycles. The average molecular weight is 337 g/mol. The van der Waals surface area contributed by atoms with Crippen molar-refractivity contribution in [1.29, 1.82) is 0 Å². The van der Waals surface area contributed by atoms with E-state index >= 15 is 0 Å². The summed E-state index contributed by atoms with van der Waals surface area (Å²) in [6, 6.07) is 14.1. The van der Waals surface area contributed by atoms with E-state index in [4.69, 9.17) is 5.73 Å². The highest BCUT2D eigenvalue weighted by Gasteiger charge is 2.09. The standard InChI is InChI=1S/C18H15N3O2S/c1-11(22)18-21-16(10-24-18)12-4-8-15(9-5-12)20-17(23)13-2-6-14(19)7-3-13/h2-10H,19H2,1H3,(H,20,23). The van der Waals surface area contributed by atoms with Crippen molar-refractivity contribution in [3.8, 4) is 11.3 Å². The number of hydrogen-bond donors (Lipinski definition) is 2. The summed E-state index contributed by atoms with van der Waals surface area (Å²) in [5, 5.41) is 5.17. The number of anilines is 2. The number of nitrogens with zero attached hydrogens (tertiary/aromatic N) is 1. The first kappa shape index (κ1) is 15.9. The quantitative estimate of drug-likeness (QED) is 0.559. The molecule has 3 aromatic rings. The van der Waals surface area contributed by atoms with Crippen molar-refractivity contribution >= 4 is 34.4 Å². The number of nitrogens with two attached hydrogens (primary N) is 1. The fourth-order valence-corrected chi connectivity index (χ4v) is 2.86. The van der Waals surface area contributed by atoms with Crippen LogP contribution in [0, 0.1) is 0 Å². The number of ketones is 1. The van der Waals surface area contributed by atoms with E-state index in [2.05, 4.69) is 10.3 Å². The number of thiazole rings is 1. The summed E-state index contributed by atoms with van der Waals surface area (Å²) in [5.41, 5.74) is 9.10. The second kappa shape index (κ2) is 6.64. The van der Waals surface area contributed by atoms with Crippen LogP contribution in [-0.4, -0.2) is 16.7 Å². The zero-order chi connectivity index (χ0) is 17.1. The molecular formula is C18H15N3O2S. The molecule has 120 valence electrons. The topological polar surface area (TPSA) is 85.1 Å². The molecule has 0 bridgehead atoms. The van der Waals surface area contributed by atoms with Gasteiger partial charge in [0, 0.05) is 34.8 Å². The van der Waals surface area contributed by atoms with Crippen molar-refractivity contribution < 1.29 is 9.59 Å². The Balaban J connectivity index is 1.73. The molecule has 3 N–H and O–H groups in total. The third-order valence-electron chi connectivity index (χ3n) is 3.42. The first-order valence-electron chi connectivity index (χ1n) is 7.27. The molecule has 0 radical (unpaired) electrons. The molecule has 0 fully saturated rings. The number of carbonyl (C=O) groups is 2. The van der Waals surface area contributed by atoms with Gasteiger partial charge >= 0.3 is 0 Å². The van der Waals surface area contributed by atoms with Crippen LogP contribution in [0.2, 0.25) is 0 Å². The number of aromatic nitrogens is 1. The van der Waals surface area contributed by atoms with E-state index in [9.17, 15) is 9.59 Å². The largest absolute Gasteiger partial charge is 0.399 e. The van der Waals surface area contributed by atoms with Gasteiger partial charge in [0.15, 0.2) is 10.8 Å². The summed E-state index contributed by atoms with van der Waals surface area (Å²) in [5.74, 6) is -0.242. The predicted molar refractivity (Wildman–Crippen MR) is 96.4 cm³/mol. The first-order chi connectivity index (χ1) is 11.5. The maximum atomic E-state index is 12.2. The van der Waals surface area contributed by atoms with Crippen LogP contribution in [0.3, 0.4) is 0 Å². The molecule has 1 aromatic heterocycles. The van der Waals surface area contributed by atoms with Crippen LogP contribution >= 0.6 is 11.3 Å². The Bertz CT molecular complexity index is 883. The number of carbonyl (C=O) groups excluding carboxylic acids is 2. The van der Waals surface area contributed by atoms with Crippen LogP contribution in [0.4, 0.5) is 11.4 Å². The lowest BCUT2D eigenvalue weighted by Crippen LogP contribution is -2.11. The molecule has 5 nitrogen and oxygen atoms in total. The Hall–Kier alpha value is -2.99. The van der Waals surface area contributed by atoms with E-state index in [1.165, 1.54) is 18.3 Å². The van der Waals surface area contributed by atoms with Crippen molar-refractivity contribution in [3.63, 3.8) is 0 Å². The Labute approximate surface area is 143 Å². The molecule has 0 saturated heterocycles. The van der Waals surface area contributed by atoms with Gasteiger partial charge in [-0.3, -0.25) is 9.59 Å². The van der Waals surface area contributed by atoms with Crippen LogP contribution < -0.4 is 11.1 Å². The lowest BCUT2D eigenvalue weighted by molar-refractivity contribution is 0.101. The van der Waals surface area contributed by atoms with E-state index in [1.54, 1.807) is 36.4 Å². The third kappa shape index (κ3) is 3.49. The smallest absolute Gasteiger partial charge is 0.255 e. The van der Waals surface area contributed by atoms with Crippen LogP contribution in [0.15, 0.2) is 53.9 Å². The number of benzene rings is 2.